The summed E-state index contributed by atoms with van der Waals surface area (Å²) in [5, 5.41) is 0.868. The zero-order valence-electron chi connectivity index (χ0n) is 7.64. The van der Waals surface area contributed by atoms with Crippen molar-refractivity contribution in [2.75, 3.05) is 5.73 Å². The van der Waals surface area contributed by atoms with E-state index in [2.05, 4.69) is 6.07 Å². The van der Waals surface area contributed by atoms with Crippen LogP contribution in [0.3, 0.4) is 0 Å². The van der Waals surface area contributed by atoms with E-state index in [4.69, 9.17) is 10.3 Å². The molecule has 0 fully saturated rings. The molecular weight excluding hydrogens is 214 g/mol. The first-order chi connectivity index (χ1) is 7.00. The molecule has 0 aromatic heterocycles. The Bertz CT molecular complexity index is 614. The van der Waals surface area contributed by atoms with Crippen LogP contribution in [0.5, 0.6) is 0 Å². The van der Waals surface area contributed by atoms with Crippen LogP contribution in [0.25, 0.3) is 10.8 Å². The summed E-state index contributed by atoms with van der Waals surface area (Å²) in [5.41, 5.74) is 5.96. The molecular formula is C10H8NO3S. The van der Waals surface area contributed by atoms with Crippen molar-refractivity contribution in [1.82, 2.24) is 0 Å². The molecule has 0 unspecified atom stereocenters. The molecule has 2 aromatic carbocycles. The van der Waals surface area contributed by atoms with Gasteiger partial charge in [-0.05, 0) is 23.6 Å². The van der Waals surface area contributed by atoms with Crippen LogP contribution in [0.4, 0.5) is 5.69 Å². The standard InChI is InChI=1S/C10H8NO3S/c11-8-5-1-3-7-4-2-6-9(10(7)8)15(12,13)14/h1-2,4-6H,11H2,(H,12,13,14). The van der Waals surface area contributed by atoms with Crippen LogP contribution in [0.2, 0.25) is 0 Å². The molecule has 0 bridgehead atoms. The van der Waals surface area contributed by atoms with Gasteiger partial charge in [-0.25, -0.2) is 0 Å². The lowest BCUT2D eigenvalue weighted by Gasteiger charge is -2.05. The van der Waals surface area contributed by atoms with Crippen molar-refractivity contribution in [2.45, 2.75) is 4.90 Å². The van der Waals surface area contributed by atoms with Gasteiger partial charge in [0, 0.05) is 11.1 Å². The Morgan fingerprint density at radius 1 is 1.27 bits per heavy atom. The van der Waals surface area contributed by atoms with Crippen LogP contribution in [0.15, 0.2) is 35.2 Å². The van der Waals surface area contributed by atoms with E-state index >= 15 is 0 Å². The zero-order chi connectivity index (χ0) is 11.1. The van der Waals surface area contributed by atoms with E-state index in [-0.39, 0.29) is 4.90 Å². The van der Waals surface area contributed by atoms with E-state index in [9.17, 15) is 8.42 Å². The molecule has 0 spiro atoms. The first kappa shape index (κ1) is 9.95. The lowest BCUT2D eigenvalue weighted by molar-refractivity contribution is 0.484. The van der Waals surface area contributed by atoms with Crippen molar-refractivity contribution in [1.29, 1.82) is 0 Å². The largest absolute Gasteiger partial charge is 0.398 e. The molecule has 0 saturated heterocycles. The number of anilines is 1. The topological polar surface area (TPSA) is 80.4 Å². The minimum absolute atomic E-state index is 0.186. The molecule has 15 heavy (non-hydrogen) atoms. The van der Waals surface area contributed by atoms with E-state index in [1.54, 1.807) is 12.1 Å². The monoisotopic (exact) mass is 222 g/mol. The first-order valence-corrected chi connectivity index (χ1v) is 5.60. The lowest BCUT2D eigenvalue weighted by atomic mass is 10.1. The fourth-order valence-corrected chi connectivity index (χ4v) is 2.20. The predicted molar refractivity (Wildman–Crippen MR) is 57.0 cm³/mol. The van der Waals surface area contributed by atoms with Crippen LogP contribution in [-0.2, 0) is 10.1 Å². The summed E-state index contributed by atoms with van der Waals surface area (Å²) in [6, 6.07) is 10.5. The van der Waals surface area contributed by atoms with Gasteiger partial charge in [0.25, 0.3) is 10.1 Å². The Hall–Kier alpha value is -1.59. The molecule has 0 aliphatic carbocycles. The Balaban J connectivity index is 2.99. The highest BCUT2D eigenvalue weighted by molar-refractivity contribution is 7.86. The van der Waals surface area contributed by atoms with E-state index in [0.29, 0.717) is 16.5 Å². The van der Waals surface area contributed by atoms with Gasteiger partial charge in [-0.3, -0.25) is 4.55 Å². The van der Waals surface area contributed by atoms with Crippen molar-refractivity contribution >= 4 is 26.6 Å². The summed E-state index contributed by atoms with van der Waals surface area (Å²) in [4.78, 5) is -0.186. The Labute approximate surface area is 87.1 Å². The number of hydrogen-bond acceptors (Lipinski definition) is 3. The second kappa shape index (κ2) is 3.22. The molecule has 0 aliphatic rings. The van der Waals surface area contributed by atoms with Crippen molar-refractivity contribution in [2.24, 2.45) is 0 Å². The second-order valence-corrected chi connectivity index (χ2v) is 4.48. The summed E-state index contributed by atoms with van der Waals surface area (Å²) in [6.07, 6.45) is 0. The SMILES string of the molecule is Nc1cc[c]c2cccc(S(=O)(=O)O)c12. The minimum atomic E-state index is -4.25. The van der Waals surface area contributed by atoms with Gasteiger partial charge in [0.15, 0.2) is 0 Å². The van der Waals surface area contributed by atoms with Gasteiger partial charge in [-0.15, -0.1) is 0 Å². The van der Waals surface area contributed by atoms with Gasteiger partial charge in [-0.1, -0.05) is 18.2 Å². The van der Waals surface area contributed by atoms with E-state index in [1.807, 2.05) is 0 Å². The predicted octanol–water partition coefficient (Wildman–Crippen LogP) is 1.47. The maximum absolute atomic E-state index is 11.1. The third kappa shape index (κ3) is 1.67. The zero-order valence-corrected chi connectivity index (χ0v) is 8.45. The Kier molecular flexibility index (Phi) is 2.13. The average molecular weight is 222 g/mol. The van der Waals surface area contributed by atoms with Gasteiger partial charge in [0.1, 0.15) is 4.90 Å². The Morgan fingerprint density at radius 3 is 2.67 bits per heavy atom. The fraction of sp³-hybridized carbons (Fsp3) is 0. The summed E-state index contributed by atoms with van der Waals surface area (Å²) in [6.45, 7) is 0. The normalized spacial score (nSPS) is 11.8. The number of fused-ring (bicyclic) bond motifs is 1. The molecule has 0 aliphatic heterocycles. The van der Waals surface area contributed by atoms with Crippen LogP contribution in [0, 0.1) is 6.07 Å². The van der Waals surface area contributed by atoms with Gasteiger partial charge in [0.2, 0.25) is 0 Å². The first-order valence-electron chi connectivity index (χ1n) is 4.16. The van der Waals surface area contributed by atoms with Crippen molar-refractivity contribution < 1.29 is 13.0 Å². The highest BCUT2D eigenvalue weighted by atomic mass is 32.2. The third-order valence-corrected chi connectivity index (χ3v) is 2.99. The number of hydrogen-bond donors (Lipinski definition) is 2. The summed E-state index contributed by atoms with van der Waals surface area (Å²) in [7, 11) is -4.25. The van der Waals surface area contributed by atoms with Crippen LogP contribution >= 0.6 is 0 Å². The number of nitrogen functional groups attached to an aromatic ring is 1. The highest BCUT2D eigenvalue weighted by Crippen LogP contribution is 2.27. The van der Waals surface area contributed by atoms with E-state index in [1.165, 1.54) is 18.2 Å². The molecule has 1 radical (unpaired) electrons. The number of benzene rings is 2. The summed E-state index contributed by atoms with van der Waals surface area (Å²) >= 11 is 0. The molecule has 5 heteroatoms. The third-order valence-electron chi connectivity index (χ3n) is 2.09. The van der Waals surface area contributed by atoms with Gasteiger partial charge < -0.3 is 5.73 Å². The van der Waals surface area contributed by atoms with Crippen LogP contribution in [0.1, 0.15) is 0 Å². The smallest absolute Gasteiger partial charge is 0.295 e. The average Bonchev–Trinajstić information content (AvgIpc) is 2.16. The molecule has 2 rings (SSSR count). The number of nitrogens with two attached hydrogens (primary N) is 1. The highest BCUT2D eigenvalue weighted by Gasteiger charge is 2.14. The van der Waals surface area contributed by atoms with E-state index in [0.717, 1.165) is 0 Å². The number of rotatable bonds is 1. The van der Waals surface area contributed by atoms with Crippen molar-refractivity contribution in [3.05, 3.63) is 36.4 Å². The fourth-order valence-electron chi connectivity index (χ4n) is 1.47. The maximum atomic E-state index is 11.1. The van der Waals surface area contributed by atoms with Crippen LogP contribution < -0.4 is 5.73 Å². The molecule has 77 valence electrons. The van der Waals surface area contributed by atoms with Crippen LogP contribution in [-0.4, -0.2) is 13.0 Å². The molecule has 0 amide bonds. The van der Waals surface area contributed by atoms with Gasteiger partial charge in [0.05, 0.1) is 0 Å². The van der Waals surface area contributed by atoms with Gasteiger partial charge >= 0.3 is 0 Å². The van der Waals surface area contributed by atoms with Crippen molar-refractivity contribution in [3.63, 3.8) is 0 Å². The molecule has 0 heterocycles. The summed E-state index contributed by atoms with van der Waals surface area (Å²) < 4.78 is 31.2. The second-order valence-electron chi connectivity index (χ2n) is 3.09. The lowest BCUT2D eigenvalue weighted by Crippen LogP contribution is -2.00. The maximum Gasteiger partial charge on any atom is 0.295 e. The van der Waals surface area contributed by atoms with E-state index < -0.39 is 10.1 Å². The molecule has 0 saturated carbocycles. The molecule has 4 nitrogen and oxygen atoms in total. The Morgan fingerprint density at radius 2 is 2.00 bits per heavy atom. The molecule has 2 aromatic rings. The molecule has 3 N–H and O–H groups in total. The minimum Gasteiger partial charge on any atom is -0.398 e. The van der Waals surface area contributed by atoms with Gasteiger partial charge in [-0.2, -0.15) is 8.42 Å². The van der Waals surface area contributed by atoms with Crippen molar-refractivity contribution in [3.8, 4) is 0 Å². The summed E-state index contributed by atoms with van der Waals surface area (Å²) in [5.74, 6) is 0. The quantitative estimate of drug-likeness (QED) is 0.565. The molecule has 0 atom stereocenters.